The van der Waals surface area contributed by atoms with E-state index in [1.54, 1.807) is 0 Å². The Morgan fingerprint density at radius 1 is 1.24 bits per heavy atom. The maximum Gasteiger partial charge on any atom is 0.130 e. The average Bonchev–Trinajstić information content (AvgIpc) is 2.71. The van der Waals surface area contributed by atoms with E-state index in [9.17, 15) is 0 Å². The second-order valence-electron chi connectivity index (χ2n) is 7.29. The first-order valence-corrected chi connectivity index (χ1v) is 8.46. The lowest BCUT2D eigenvalue weighted by Crippen LogP contribution is -2.27. The molecular weight excluding hydrogens is 258 g/mol. The van der Waals surface area contributed by atoms with Crippen molar-refractivity contribution in [3.05, 3.63) is 18.2 Å². The zero-order valence-corrected chi connectivity index (χ0v) is 14.2. The number of aromatic nitrogens is 1. The van der Waals surface area contributed by atoms with Crippen molar-refractivity contribution in [2.45, 2.75) is 53.4 Å². The molecule has 21 heavy (non-hydrogen) atoms. The molecule has 3 heteroatoms. The Morgan fingerprint density at radius 3 is 2.76 bits per heavy atom. The molecule has 1 unspecified atom stereocenters. The summed E-state index contributed by atoms with van der Waals surface area (Å²) in [4.78, 5) is 7.24. The minimum atomic E-state index is 0.425. The van der Waals surface area contributed by atoms with Gasteiger partial charge >= 0.3 is 0 Å². The highest BCUT2D eigenvalue weighted by molar-refractivity contribution is 5.47. The number of anilines is 2. The third kappa shape index (κ3) is 4.62. The van der Waals surface area contributed by atoms with Gasteiger partial charge in [-0.1, -0.05) is 33.8 Å². The Kier molecular flexibility index (Phi) is 5.49. The summed E-state index contributed by atoms with van der Waals surface area (Å²) in [5.74, 6) is 2.96. The fourth-order valence-corrected chi connectivity index (χ4v) is 3.14. The van der Waals surface area contributed by atoms with Crippen LogP contribution in [-0.4, -0.2) is 24.6 Å². The predicted octanol–water partition coefficient (Wildman–Crippen LogP) is 4.56. The van der Waals surface area contributed by atoms with Crippen LogP contribution < -0.4 is 10.2 Å². The summed E-state index contributed by atoms with van der Waals surface area (Å²) in [5.41, 5.74) is 0.425. The number of pyridine rings is 1. The molecule has 0 bridgehead atoms. The van der Waals surface area contributed by atoms with E-state index in [4.69, 9.17) is 4.98 Å². The standard InChI is InChI=1S/C18H31N3/c1-5-12-19-16-9-6-10-17(20-16)21-13-7-8-15(11-14-21)18(2,3)4/h6,9-10,15H,5,7-8,11-14H2,1-4H3,(H,19,20). The second kappa shape index (κ2) is 7.15. The molecule has 2 heterocycles. The summed E-state index contributed by atoms with van der Waals surface area (Å²) in [5, 5.41) is 3.38. The predicted molar refractivity (Wildman–Crippen MR) is 92.0 cm³/mol. The number of nitrogens with one attached hydrogen (secondary N) is 1. The van der Waals surface area contributed by atoms with E-state index in [-0.39, 0.29) is 0 Å². The van der Waals surface area contributed by atoms with E-state index in [1.165, 1.54) is 19.3 Å². The molecule has 1 saturated heterocycles. The van der Waals surface area contributed by atoms with Gasteiger partial charge in [0.15, 0.2) is 0 Å². The topological polar surface area (TPSA) is 28.2 Å². The minimum absolute atomic E-state index is 0.425. The molecule has 1 fully saturated rings. The summed E-state index contributed by atoms with van der Waals surface area (Å²) in [6.45, 7) is 12.6. The van der Waals surface area contributed by atoms with E-state index in [1.807, 2.05) is 0 Å². The largest absolute Gasteiger partial charge is 0.370 e. The fourth-order valence-electron chi connectivity index (χ4n) is 3.14. The van der Waals surface area contributed by atoms with Gasteiger partial charge in [0, 0.05) is 19.6 Å². The lowest BCUT2D eigenvalue weighted by atomic mass is 9.77. The molecule has 1 aliphatic rings. The van der Waals surface area contributed by atoms with Crippen molar-refractivity contribution in [1.29, 1.82) is 0 Å². The molecule has 1 aliphatic heterocycles. The van der Waals surface area contributed by atoms with Gasteiger partial charge in [0.2, 0.25) is 0 Å². The van der Waals surface area contributed by atoms with Crippen LogP contribution in [0, 0.1) is 11.3 Å². The van der Waals surface area contributed by atoms with Crippen molar-refractivity contribution in [3.8, 4) is 0 Å². The van der Waals surface area contributed by atoms with Gasteiger partial charge in [0.1, 0.15) is 11.6 Å². The minimum Gasteiger partial charge on any atom is -0.370 e. The van der Waals surface area contributed by atoms with Gasteiger partial charge < -0.3 is 10.2 Å². The van der Waals surface area contributed by atoms with Crippen LogP contribution in [0.5, 0.6) is 0 Å². The smallest absolute Gasteiger partial charge is 0.130 e. The van der Waals surface area contributed by atoms with Gasteiger partial charge in [-0.05, 0) is 49.1 Å². The molecule has 0 amide bonds. The van der Waals surface area contributed by atoms with Gasteiger partial charge in [-0.15, -0.1) is 0 Å². The summed E-state index contributed by atoms with van der Waals surface area (Å²) < 4.78 is 0. The van der Waals surface area contributed by atoms with Gasteiger partial charge in [-0.2, -0.15) is 0 Å². The molecule has 1 N–H and O–H groups in total. The SMILES string of the molecule is CCCNc1cccc(N2CCCC(C(C)(C)C)CC2)n1. The summed E-state index contributed by atoms with van der Waals surface area (Å²) in [6, 6.07) is 6.33. The van der Waals surface area contributed by atoms with Gasteiger partial charge in [0.05, 0.1) is 0 Å². The number of hydrogen-bond acceptors (Lipinski definition) is 3. The van der Waals surface area contributed by atoms with Crippen LogP contribution in [0.1, 0.15) is 53.4 Å². The molecule has 0 aliphatic carbocycles. The highest BCUT2D eigenvalue weighted by Gasteiger charge is 2.27. The molecule has 0 spiro atoms. The summed E-state index contributed by atoms with van der Waals surface area (Å²) in [7, 11) is 0. The lowest BCUT2D eigenvalue weighted by Gasteiger charge is -2.30. The Morgan fingerprint density at radius 2 is 2.05 bits per heavy atom. The monoisotopic (exact) mass is 289 g/mol. The van der Waals surface area contributed by atoms with Crippen molar-refractivity contribution in [3.63, 3.8) is 0 Å². The fraction of sp³-hybridized carbons (Fsp3) is 0.722. The number of nitrogens with zero attached hydrogens (tertiary/aromatic N) is 2. The van der Waals surface area contributed by atoms with Crippen LogP contribution in [0.2, 0.25) is 0 Å². The zero-order valence-electron chi connectivity index (χ0n) is 14.2. The maximum absolute atomic E-state index is 4.78. The van der Waals surface area contributed by atoms with Gasteiger partial charge in [-0.3, -0.25) is 0 Å². The molecule has 1 atom stereocenters. The first-order chi connectivity index (χ1) is 10.0. The van der Waals surface area contributed by atoms with Crippen LogP contribution in [0.15, 0.2) is 18.2 Å². The molecule has 0 radical (unpaired) electrons. The van der Waals surface area contributed by atoms with Crippen LogP contribution in [0.25, 0.3) is 0 Å². The van der Waals surface area contributed by atoms with Crippen LogP contribution in [0.3, 0.4) is 0 Å². The van der Waals surface area contributed by atoms with Crippen LogP contribution in [0.4, 0.5) is 11.6 Å². The average molecular weight is 289 g/mol. The first-order valence-electron chi connectivity index (χ1n) is 8.46. The summed E-state index contributed by atoms with van der Waals surface area (Å²) in [6.07, 6.45) is 5.02. The second-order valence-corrected chi connectivity index (χ2v) is 7.29. The highest BCUT2D eigenvalue weighted by Crippen LogP contribution is 2.35. The van der Waals surface area contributed by atoms with Crippen molar-refractivity contribution < 1.29 is 0 Å². The first kappa shape index (κ1) is 16.1. The van der Waals surface area contributed by atoms with E-state index in [0.717, 1.165) is 43.6 Å². The van der Waals surface area contributed by atoms with E-state index < -0.39 is 0 Å². The van der Waals surface area contributed by atoms with Crippen LogP contribution in [-0.2, 0) is 0 Å². The highest BCUT2D eigenvalue weighted by atomic mass is 15.2. The van der Waals surface area contributed by atoms with Gasteiger partial charge in [-0.25, -0.2) is 4.98 Å². The van der Waals surface area contributed by atoms with Crippen LogP contribution >= 0.6 is 0 Å². The molecule has 1 aromatic rings. The number of hydrogen-bond donors (Lipinski definition) is 1. The molecule has 0 aromatic carbocycles. The molecule has 0 saturated carbocycles. The Hall–Kier alpha value is -1.25. The van der Waals surface area contributed by atoms with E-state index >= 15 is 0 Å². The van der Waals surface area contributed by atoms with Crippen molar-refractivity contribution in [1.82, 2.24) is 4.98 Å². The summed E-state index contributed by atoms with van der Waals surface area (Å²) >= 11 is 0. The Balaban J connectivity index is 2.02. The normalized spacial score (nSPS) is 20.2. The third-order valence-corrected chi connectivity index (χ3v) is 4.57. The molecule has 2 rings (SSSR count). The third-order valence-electron chi connectivity index (χ3n) is 4.57. The molecule has 3 nitrogen and oxygen atoms in total. The Labute approximate surface area is 130 Å². The van der Waals surface area contributed by atoms with Crippen molar-refractivity contribution in [2.75, 3.05) is 29.9 Å². The van der Waals surface area contributed by atoms with E-state index in [0.29, 0.717) is 5.41 Å². The quantitative estimate of drug-likeness (QED) is 0.881. The number of rotatable bonds is 4. The molecule has 1 aromatic heterocycles. The molecular formula is C18H31N3. The van der Waals surface area contributed by atoms with Gasteiger partial charge in [0.25, 0.3) is 0 Å². The van der Waals surface area contributed by atoms with Crippen molar-refractivity contribution in [2.24, 2.45) is 11.3 Å². The molecule has 118 valence electrons. The van der Waals surface area contributed by atoms with E-state index in [2.05, 4.69) is 56.1 Å². The maximum atomic E-state index is 4.78. The van der Waals surface area contributed by atoms with Crippen molar-refractivity contribution >= 4 is 11.6 Å². The lowest BCUT2D eigenvalue weighted by molar-refractivity contribution is 0.220. The Bertz CT molecular complexity index is 436. The zero-order chi connectivity index (χ0) is 15.3.